The third kappa shape index (κ3) is 2.85. The number of hydrogen-bond donors (Lipinski definition) is 2. The van der Waals surface area contributed by atoms with Crippen molar-refractivity contribution in [3.63, 3.8) is 0 Å². The average Bonchev–Trinajstić information content (AvgIpc) is 3.05. The molecule has 1 saturated carbocycles. The zero-order chi connectivity index (χ0) is 23.1. The maximum absolute atomic E-state index is 14.7. The van der Waals surface area contributed by atoms with E-state index in [1.165, 1.54) is 0 Å². The lowest BCUT2D eigenvalue weighted by Crippen LogP contribution is -2.31. The summed E-state index contributed by atoms with van der Waals surface area (Å²) in [6.45, 7) is 3.16. The van der Waals surface area contributed by atoms with Gasteiger partial charge in [0.05, 0.1) is 11.6 Å². The fourth-order valence-electron chi connectivity index (χ4n) is 5.70. The summed E-state index contributed by atoms with van der Waals surface area (Å²) in [6.07, 6.45) is -2.96. The molecule has 2 aromatic heterocycles. The molecule has 0 bridgehead atoms. The minimum atomic E-state index is -3.02. The lowest BCUT2D eigenvalue weighted by Gasteiger charge is -2.27. The second-order valence-corrected chi connectivity index (χ2v) is 9.44. The first-order valence-electron chi connectivity index (χ1n) is 11.0. The number of anilines is 1. The number of piperidine rings is 1. The van der Waals surface area contributed by atoms with Crippen LogP contribution < -0.4 is 10.6 Å². The molecule has 0 spiro atoms. The van der Waals surface area contributed by atoms with Crippen molar-refractivity contribution in [3.8, 4) is 11.4 Å². The number of halogens is 4. The predicted molar refractivity (Wildman–Crippen MR) is 107 cm³/mol. The molecule has 2 fully saturated rings. The van der Waals surface area contributed by atoms with Crippen LogP contribution in [0.3, 0.4) is 0 Å². The zero-order valence-electron chi connectivity index (χ0n) is 17.7. The van der Waals surface area contributed by atoms with Crippen LogP contribution in [-0.2, 0) is 17.6 Å². The SMILES string of the molecule is CC12Cc3c(c(-c4ncnc5c4[C@H](C(F)F)OC(=O)N5)nn3C3CCNCC3)CC1C2(F)F. The Balaban J connectivity index is 1.53. The summed E-state index contributed by atoms with van der Waals surface area (Å²) >= 11 is 0. The van der Waals surface area contributed by atoms with Gasteiger partial charge in [-0.05, 0) is 32.4 Å². The average molecular weight is 466 g/mol. The number of amides is 1. The van der Waals surface area contributed by atoms with Gasteiger partial charge in [0.15, 0.2) is 6.10 Å². The molecule has 2 unspecified atom stereocenters. The molecular formula is C21H22F4N6O2. The Hall–Kier alpha value is -2.76. The Kier molecular flexibility index (Phi) is 4.34. The van der Waals surface area contributed by atoms with E-state index in [4.69, 9.17) is 9.84 Å². The van der Waals surface area contributed by atoms with Crippen LogP contribution in [-0.4, -0.2) is 51.3 Å². The lowest BCUT2D eigenvalue weighted by atomic mass is 9.86. The molecule has 2 aromatic rings. The van der Waals surface area contributed by atoms with E-state index >= 15 is 0 Å². The van der Waals surface area contributed by atoms with E-state index in [9.17, 15) is 22.4 Å². The highest BCUT2D eigenvalue weighted by molar-refractivity contribution is 5.89. The van der Waals surface area contributed by atoms with Gasteiger partial charge in [-0.1, -0.05) is 6.92 Å². The highest BCUT2D eigenvalue weighted by atomic mass is 19.3. The summed E-state index contributed by atoms with van der Waals surface area (Å²) in [5.74, 6) is -3.71. The van der Waals surface area contributed by atoms with Crippen molar-refractivity contribution in [1.29, 1.82) is 0 Å². The third-order valence-corrected chi connectivity index (χ3v) is 7.68. The molecule has 2 aliphatic heterocycles. The maximum Gasteiger partial charge on any atom is 0.413 e. The second kappa shape index (κ2) is 6.87. The number of carbonyl (C=O) groups is 1. The first kappa shape index (κ1) is 20.8. The van der Waals surface area contributed by atoms with Crippen molar-refractivity contribution in [2.45, 2.75) is 57.1 Å². The van der Waals surface area contributed by atoms with Crippen LogP contribution in [0.15, 0.2) is 6.33 Å². The number of aromatic nitrogens is 4. The third-order valence-electron chi connectivity index (χ3n) is 7.68. The van der Waals surface area contributed by atoms with Gasteiger partial charge in [-0.3, -0.25) is 10.00 Å². The molecule has 3 atom stereocenters. The quantitative estimate of drug-likeness (QED) is 0.673. The number of hydrogen-bond acceptors (Lipinski definition) is 6. The molecule has 176 valence electrons. The monoisotopic (exact) mass is 466 g/mol. The highest BCUT2D eigenvalue weighted by Gasteiger charge is 2.78. The van der Waals surface area contributed by atoms with Crippen LogP contribution in [0.4, 0.5) is 28.2 Å². The van der Waals surface area contributed by atoms with E-state index in [1.807, 2.05) is 4.68 Å². The van der Waals surface area contributed by atoms with Gasteiger partial charge < -0.3 is 10.1 Å². The number of ether oxygens (including phenoxy) is 1. The van der Waals surface area contributed by atoms with Gasteiger partial charge in [0.2, 0.25) is 0 Å². The first-order valence-corrected chi connectivity index (χ1v) is 11.0. The normalized spacial score (nSPS) is 30.2. The van der Waals surface area contributed by atoms with E-state index in [2.05, 4.69) is 20.6 Å². The van der Waals surface area contributed by atoms with Gasteiger partial charge in [0.1, 0.15) is 23.5 Å². The van der Waals surface area contributed by atoms with Crippen LogP contribution in [0.1, 0.15) is 48.7 Å². The van der Waals surface area contributed by atoms with E-state index in [1.54, 1.807) is 6.92 Å². The van der Waals surface area contributed by atoms with Crippen LogP contribution in [0, 0.1) is 11.3 Å². The van der Waals surface area contributed by atoms with Crippen LogP contribution in [0.5, 0.6) is 0 Å². The number of carbonyl (C=O) groups excluding carboxylic acids is 1. The van der Waals surface area contributed by atoms with Crippen molar-refractivity contribution >= 4 is 11.9 Å². The Morgan fingerprint density at radius 3 is 2.70 bits per heavy atom. The standard InChI is InChI=1S/C21H22F4N6O2/c1-20-7-11-10(6-12(20)21(20,24)25)14(30-31(11)9-2-4-26-5-3-9)15-13-16(17(22)23)33-19(32)29-18(13)28-8-27-15/h8-9,12,16-17,26H,2-7H2,1H3,(H,27,28,29,32)/t12?,16-,20?/m1/s1. The molecule has 4 aliphatic rings. The van der Waals surface area contributed by atoms with Gasteiger partial charge in [-0.2, -0.15) is 5.10 Å². The molecule has 8 nitrogen and oxygen atoms in total. The fraction of sp³-hybridized carbons (Fsp3) is 0.619. The van der Waals surface area contributed by atoms with E-state index < -0.39 is 35.9 Å². The van der Waals surface area contributed by atoms with Crippen molar-refractivity contribution in [2.24, 2.45) is 11.3 Å². The molecule has 33 heavy (non-hydrogen) atoms. The summed E-state index contributed by atoms with van der Waals surface area (Å²) in [4.78, 5) is 19.9. The molecule has 0 radical (unpaired) electrons. The lowest BCUT2D eigenvalue weighted by molar-refractivity contribution is -0.0170. The Morgan fingerprint density at radius 1 is 1.21 bits per heavy atom. The van der Waals surface area contributed by atoms with Crippen molar-refractivity contribution in [2.75, 3.05) is 18.4 Å². The zero-order valence-corrected chi connectivity index (χ0v) is 17.7. The summed E-state index contributed by atoms with van der Waals surface area (Å²) < 4.78 is 63.7. The first-order chi connectivity index (χ1) is 15.7. The molecule has 2 N–H and O–H groups in total. The Labute approximate surface area is 186 Å². The summed E-state index contributed by atoms with van der Waals surface area (Å²) in [5.41, 5.74) is 0.490. The number of rotatable bonds is 3. The fourth-order valence-corrected chi connectivity index (χ4v) is 5.70. The smallest absolute Gasteiger partial charge is 0.413 e. The van der Waals surface area contributed by atoms with E-state index in [0.717, 1.165) is 38.0 Å². The van der Waals surface area contributed by atoms with E-state index in [-0.39, 0.29) is 41.7 Å². The molecule has 1 amide bonds. The highest BCUT2D eigenvalue weighted by Crippen LogP contribution is 2.70. The summed E-state index contributed by atoms with van der Waals surface area (Å²) in [7, 11) is 0. The van der Waals surface area contributed by atoms with Crippen LogP contribution in [0.25, 0.3) is 11.4 Å². The molecule has 6 rings (SSSR count). The van der Waals surface area contributed by atoms with Gasteiger partial charge >= 0.3 is 6.09 Å². The molecule has 2 aliphatic carbocycles. The van der Waals surface area contributed by atoms with E-state index in [0.29, 0.717) is 5.56 Å². The number of fused-ring (bicyclic) bond motifs is 3. The van der Waals surface area contributed by atoms with Gasteiger partial charge in [0, 0.05) is 29.0 Å². The van der Waals surface area contributed by atoms with Crippen molar-refractivity contribution < 1.29 is 27.1 Å². The minimum absolute atomic E-state index is 0.0146. The van der Waals surface area contributed by atoms with Crippen LogP contribution >= 0.6 is 0 Å². The minimum Gasteiger partial charge on any atom is -0.435 e. The molecule has 12 heteroatoms. The number of nitrogens with one attached hydrogen (secondary N) is 2. The van der Waals surface area contributed by atoms with Gasteiger partial charge in [-0.25, -0.2) is 32.3 Å². The Bertz CT molecular complexity index is 1150. The van der Waals surface area contributed by atoms with Crippen molar-refractivity contribution in [3.05, 3.63) is 23.1 Å². The maximum atomic E-state index is 14.7. The predicted octanol–water partition coefficient (Wildman–Crippen LogP) is 3.50. The van der Waals surface area contributed by atoms with Crippen molar-refractivity contribution in [1.82, 2.24) is 25.1 Å². The summed E-state index contributed by atoms with van der Waals surface area (Å²) in [6, 6.07) is 0.0146. The molecule has 0 aromatic carbocycles. The summed E-state index contributed by atoms with van der Waals surface area (Å²) in [5, 5.41) is 10.4. The largest absolute Gasteiger partial charge is 0.435 e. The Morgan fingerprint density at radius 2 is 1.97 bits per heavy atom. The number of alkyl halides is 4. The second-order valence-electron chi connectivity index (χ2n) is 9.44. The molecule has 1 saturated heterocycles. The number of cyclic esters (lactones) is 1. The molecular weight excluding hydrogens is 444 g/mol. The van der Waals surface area contributed by atoms with Gasteiger partial charge in [0.25, 0.3) is 12.3 Å². The number of nitrogens with zero attached hydrogens (tertiary/aromatic N) is 4. The van der Waals surface area contributed by atoms with Gasteiger partial charge in [-0.15, -0.1) is 0 Å². The topological polar surface area (TPSA) is 94.0 Å². The van der Waals surface area contributed by atoms with Crippen LogP contribution in [0.2, 0.25) is 0 Å². The molecule has 4 heterocycles.